The van der Waals surface area contributed by atoms with E-state index in [0.29, 0.717) is 17.5 Å². The van der Waals surface area contributed by atoms with Gasteiger partial charge in [0.05, 0.1) is 0 Å². The average molecular weight is 226 g/mol. The summed E-state index contributed by atoms with van der Waals surface area (Å²) in [5.41, 5.74) is 0.369. The number of rotatable bonds is 3. The number of nitrogens with one attached hydrogen (secondary N) is 1. The van der Waals surface area contributed by atoms with E-state index in [9.17, 15) is 0 Å². The molecule has 1 saturated heterocycles. The van der Waals surface area contributed by atoms with Gasteiger partial charge in [0.25, 0.3) is 0 Å². The molecule has 1 aliphatic heterocycles. The molecule has 0 aliphatic carbocycles. The third-order valence-corrected chi connectivity index (χ3v) is 3.99. The largest absolute Gasteiger partial charge is 0.311 e. The average Bonchev–Trinajstić information content (AvgIpc) is 2.19. The van der Waals surface area contributed by atoms with Crippen LogP contribution in [-0.4, -0.2) is 36.6 Å². The minimum absolute atomic E-state index is 0.369. The standard InChI is InChI=1S/C14H30N2/c1-7-11(2)9-16-10-13(14(4,5)6)15-8-12(16)3/h11-13,15H,7-10H2,1-6H3. The van der Waals surface area contributed by atoms with Gasteiger partial charge in [0.15, 0.2) is 0 Å². The second kappa shape index (κ2) is 5.50. The lowest BCUT2D eigenvalue weighted by atomic mass is 9.84. The van der Waals surface area contributed by atoms with Crippen molar-refractivity contribution < 1.29 is 0 Å². The molecule has 0 aromatic heterocycles. The maximum atomic E-state index is 3.69. The van der Waals surface area contributed by atoms with E-state index in [4.69, 9.17) is 0 Å². The molecule has 2 heteroatoms. The monoisotopic (exact) mass is 226 g/mol. The van der Waals surface area contributed by atoms with Gasteiger partial charge in [-0.1, -0.05) is 41.0 Å². The molecule has 1 N–H and O–H groups in total. The van der Waals surface area contributed by atoms with Crippen LogP contribution in [0.1, 0.15) is 48.0 Å². The van der Waals surface area contributed by atoms with E-state index < -0.39 is 0 Å². The Morgan fingerprint density at radius 3 is 2.50 bits per heavy atom. The molecule has 3 atom stereocenters. The third kappa shape index (κ3) is 3.74. The van der Waals surface area contributed by atoms with Crippen molar-refractivity contribution in [1.29, 1.82) is 0 Å². The molecule has 0 saturated carbocycles. The van der Waals surface area contributed by atoms with Gasteiger partial charge in [-0.05, 0) is 18.3 Å². The van der Waals surface area contributed by atoms with Gasteiger partial charge in [-0.15, -0.1) is 0 Å². The second-order valence-corrected chi connectivity index (χ2v) is 6.64. The molecule has 96 valence electrons. The molecule has 1 heterocycles. The molecule has 16 heavy (non-hydrogen) atoms. The number of hydrogen-bond acceptors (Lipinski definition) is 2. The lowest BCUT2D eigenvalue weighted by Gasteiger charge is -2.44. The molecular formula is C14H30N2. The van der Waals surface area contributed by atoms with Gasteiger partial charge < -0.3 is 5.32 Å². The molecule has 1 rings (SSSR count). The second-order valence-electron chi connectivity index (χ2n) is 6.64. The molecule has 0 aromatic carbocycles. The van der Waals surface area contributed by atoms with Crippen LogP contribution >= 0.6 is 0 Å². The van der Waals surface area contributed by atoms with E-state index in [-0.39, 0.29) is 0 Å². The fourth-order valence-electron chi connectivity index (χ4n) is 2.28. The SMILES string of the molecule is CCC(C)CN1CC(C(C)(C)C)NCC1C. The Labute approximate surface area is 102 Å². The third-order valence-electron chi connectivity index (χ3n) is 3.99. The molecule has 1 aliphatic rings. The van der Waals surface area contributed by atoms with Crippen molar-refractivity contribution in [2.75, 3.05) is 19.6 Å². The molecule has 0 amide bonds. The van der Waals surface area contributed by atoms with Crippen LogP contribution in [0.5, 0.6) is 0 Å². The lowest BCUT2D eigenvalue weighted by molar-refractivity contribution is 0.0813. The molecule has 3 unspecified atom stereocenters. The fraction of sp³-hybridized carbons (Fsp3) is 1.00. The van der Waals surface area contributed by atoms with Crippen molar-refractivity contribution in [3.63, 3.8) is 0 Å². The summed E-state index contributed by atoms with van der Waals surface area (Å²) in [6, 6.07) is 1.32. The Hall–Kier alpha value is -0.0800. The highest BCUT2D eigenvalue weighted by molar-refractivity contribution is 4.90. The molecule has 0 aromatic rings. The van der Waals surface area contributed by atoms with Crippen LogP contribution in [0.3, 0.4) is 0 Å². The van der Waals surface area contributed by atoms with Crippen molar-refractivity contribution in [3.8, 4) is 0 Å². The summed E-state index contributed by atoms with van der Waals surface area (Å²) >= 11 is 0. The van der Waals surface area contributed by atoms with Crippen molar-refractivity contribution >= 4 is 0 Å². The van der Waals surface area contributed by atoms with Gasteiger partial charge in [-0.25, -0.2) is 0 Å². The molecular weight excluding hydrogens is 196 g/mol. The summed E-state index contributed by atoms with van der Waals surface area (Å²) in [4.78, 5) is 2.67. The Balaban J connectivity index is 2.55. The quantitative estimate of drug-likeness (QED) is 0.796. The summed E-state index contributed by atoms with van der Waals surface area (Å²) in [7, 11) is 0. The first-order valence-corrected chi connectivity index (χ1v) is 6.82. The van der Waals surface area contributed by atoms with Crippen LogP contribution in [0, 0.1) is 11.3 Å². The number of nitrogens with zero attached hydrogens (tertiary/aromatic N) is 1. The lowest BCUT2D eigenvalue weighted by Crippen LogP contribution is -2.60. The van der Waals surface area contributed by atoms with Crippen molar-refractivity contribution in [2.24, 2.45) is 11.3 Å². The van der Waals surface area contributed by atoms with E-state index in [0.717, 1.165) is 12.5 Å². The fourth-order valence-corrected chi connectivity index (χ4v) is 2.28. The molecule has 0 radical (unpaired) electrons. The van der Waals surface area contributed by atoms with Gasteiger partial charge >= 0.3 is 0 Å². The van der Waals surface area contributed by atoms with Crippen LogP contribution in [0.15, 0.2) is 0 Å². The van der Waals surface area contributed by atoms with Crippen LogP contribution in [-0.2, 0) is 0 Å². The first-order valence-electron chi connectivity index (χ1n) is 6.82. The van der Waals surface area contributed by atoms with Crippen LogP contribution in [0.25, 0.3) is 0 Å². The summed E-state index contributed by atoms with van der Waals surface area (Å²) in [5.74, 6) is 0.821. The Morgan fingerprint density at radius 2 is 2.00 bits per heavy atom. The van der Waals surface area contributed by atoms with E-state index >= 15 is 0 Å². The topological polar surface area (TPSA) is 15.3 Å². The molecule has 2 nitrogen and oxygen atoms in total. The number of piperazine rings is 1. The van der Waals surface area contributed by atoms with Gasteiger partial charge in [-0.3, -0.25) is 4.90 Å². The maximum Gasteiger partial charge on any atom is 0.0244 e. The highest BCUT2D eigenvalue weighted by Gasteiger charge is 2.32. The highest BCUT2D eigenvalue weighted by Crippen LogP contribution is 2.24. The molecule has 0 spiro atoms. The van der Waals surface area contributed by atoms with Crippen molar-refractivity contribution in [3.05, 3.63) is 0 Å². The normalized spacial score (nSPS) is 30.4. The Kier molecular flexibility index (Phi) is 4.81. The molecule has 1 fully saturated rings. The zero-order valence-corrected chi connectivity index (χ0v) is 12.0. The zero-order valence-electron chi connectivity index (χ0n) is 12.0. The van der Waals surface area contributed by atoms with Gasteiger partial charge in [0.1, 0.15) is 0 Å². The summed E-state index contributed by atoms with van der Waals surface area (Å²) in [5, 5.41) is 3.69. The van der Waals surface area contributed by atoms with E-state index in [1.54, 1.807) is 0 Å². The van der Waals surface area contributed by atoms with Gasteiger partial charge in [-0.2, -0.15) is 0 Å². The first-order chi connectivity index (χ1) is 7.34. The Morgan fingerprint density at radius 1 is 1.38 bits per heavy atom. The minimum atomic E-state index is 0.369. The summed E-state index contributed by atoms with van der Waals surface area (Å²) in [6.07, 6.45) is 1.29. The highest BCUT2D eigenvalue weighted by atomic mass is 15.2. The van der Waals surface area contributed by atoms with Crippen LogP contribution in [0.4, 0.5) is 0 Å². The Bertz CT molecular complexity index is 207. The summed E-state index contributed by atoms with van der Waals surface area (Å²) < 4.78 is 0. The van der Waals surface area contributed by atoms with E-state index in [1.807, 2.05) is 0 Å². The van der Waals surface area contributed by atoms with E-state index in [2.05, 4.69) is 51.8 Å². The van der Waals surface area contributed by atoms with E-state index in [1.165, 1.54) is 19.5 Å². The number of hydrogen-bond donors (Lipinski definition) is 1. The zero-order chi connectivity index (χ0) is 12.3. The predicted octanol–water partition coefficient (Wildman–Crippen LogP) is 2.74. The maximum absolute atomic E-state index is 3.69. The first kappa shape index (κ1) is 14.0. The molecule has 0 bridgehead atoms. The van der Waals surface area contributed by atoms with Crippen LogP contribution < -0.4 is 5.32 Å². The predicted molar refractivity (Wildman–Crippen MR) is 71.7 cm³/mol. The van der Waals surface area contributed by atoms with Crippen molar-refractivity contribution in [1.82, 2.24) is 10.2 Å². The minimum Gasteiger partial charge on any atom is -0.311 e. The van der Waals surface area contributed by atoms with Crippen LogP contribution in [0.2, 0.25) is 0 Å². The smallest absolute Gasteiger partial charge is 0.0244 e. The summed E-state index contributed by atoms with van der Waals surface area (Å²) in [6.45, 7) is 17.6. The van der Waals surface area contributed by atoms with Gasteiger partial charge in [0.2, 0.25) is 0 Å². The van der Waals surface area contributed by atoms with Gasteiger partial charge in [0, 0.05) is 31.7 Å². The van der Waals surface area contributed by atoms with Crippen molar-refractivity contribution in [2.45, 2.75) is 60.0 Å².